The van der Waals surface area contributed by atoms with E-state index >= 15 is 0 Å². The molecule has 2 fully saturated rings. The Morgan fingerprint density at radius 1 is 1.30 bits per heavy atom. The standard InChI is InChI=1S/C18H29N5O2.2ClH/c1-12-15(13(2)21-20-12)4-6-17(24)22-9-7-16-14(11-22)3-5-18(25)23(16)10-8-19;;/h14,16H,3-11,19H2,1-2H3,(H,20,21);2*1H/t14-,16+;;/m0../s1. The van der Waals surface area contributed by atoms with Gasteiger partial charge in [0, 0.05) is 50.8 Å². The van der Waals surface area contributed by atoms with Crippen LogP contribution in [0.2, 0.25) is 0 Å². The Hall–Kier alpha value is -1.31. The Labute approximate surface area is 173 Å². The molecule has 0 bridgehead atoms. The van der Waals surface area contributed by atoms with E-state index in [9.17, 15) is 9.59 Å². The molecular formula is C18H31Cl2N5O2. The molecule has 3 N–H and O–H groups in total. The van der Waals surface area contributed by atoms with Crippen molar-refractivity contribution in [1.82, 2.24) is 20.0 Å². The average molecular weight is 420 g/mol. The smallest absolute Gasteiger partial charge is 0.222 e. The zero-order valence-corrected chi connectivity index (χ0v) is 17.7. The fraction of sp³-hybridized carbons (Fsp3) is 0.722. The van der Waals surface area contributed by atoms with Gasteiger partial charge in [0.15, 0.2) is 0 Å². The quantitative estimate of drug-likeness (QED) is 0.757. The number of piperidine rings is 2. The van der Waals surface area contributed by atoms with Crippen LogP contribution in [0.4, 0.5) is 0 Å². The van der Waals surface area contributed by atoms with E-state index in [0.717, 1.165) is 49.3 Å². The van der Waals surface area contributed by atoms with Gasteiger partial charge in [-0.15, -0.1) is 24.8 Å². The number of H-pyrrole nitrogens is 1. The molecule has 0 aliphatic carbocycles. The summed E-state index contributed by atoms with van der Waals surface area (Å²) < 4.78 is 0. The summed E-state index contributed by atoms with van der Waals surface area (Å²) in [5.74, 6) is 0.817. The van der Waals surface area contributed by atoms with E-state index in [1.807, 2.05) is 23.6 Å². The first kappa shape index (κ1) is 23.7. The topological polar surface area (TPSA) is 95.3 Å². The maximum absolute atomic E-state index is 12.7. The Morgan fingerprint density at radius 2 is 2.04 bits per heavy atom. The van der Waals surface area contributed by atoms with Gasteiger partial charge < -0.3 is 15.5 Å². The molecule has 27 heavy (non-hydrogen) atoms. The molecule has 2 atom stereocenters. The van der Waals surface area contributed by atoms with Gasteiger partial charge in [0.25, 0.3) is 0 Å². The van der Waals surface area contributed by atoms with Gasteiger partial charge in [-0.1, -0.05) is 0 Å². The maximum atomic E-state index is 12.7. The van der Waals surface area contributed by atoms with Crippen LogP contribution in [0.25, 0.3) is 0 Å². The number of halogens is 2. The number of amides is 2. The second-order valence-corrected chi connectivity index (χ2v) is 7.28. The van der Waals surface area contributed by atoms with Gasteiger partial charge in [-0.25, -0.2) is 0 Å². The lowest BCUT2D eigenvalue weighted by Gasteiger charge is -2.47. The maximum Gasteiger partial charge on any atom is 0.222 e. The summed E-state index contributed by atoms with van der Waals surface area (Å²) in [7, 11) is 0. The van der Waals surface area contributed by atoms with Gasteiger partial charge in [0.2, 0.25) is 11.8 Å². The molecule has 154 valence electrons. The summed E-state index contributed by atoms with van der Waals surface area (Å²) in [4.78, 5) is 28.7. The molecule has 1 aromatic heterocycles. The molecule has 0 unspecified atom stereocenters. The normalized spacial score (nSPS) is 22.0. The number of carbonyl (C=O) groups excluding carboxylic acids is 2. The van der Waals surface area contributed by atoms with Gasteiger partial charge in [-0.2, -0.15) is 5.10 Å². The van der Waals surface area contributed by atoms with Crippen LogP contribution in [0, 0.1) is 19.8 Å². The number of fused-ring (bicyclic) bond motifs is 1. The molecule has 9 heteroatoms. The van der Waals surface area contributed by atoms with Crippen LogP contribution < -0.4 is 5.73 Å². The largest absolute Gasteiger partial charge is 0.342 e. The highest BCUT2D eigenvalue weighted by Gasteiger charge is 2.39. The lowest BCUT2D eigenvalue weighted by molar-refractivity contribution is -0.144. The minimum atomic E-state index is 0. The monoisotopic (exact) mass is 419 g/mol. The molecule has 2 aliphatic rings. The minimum Gasteiger partial charge on any atom is -0.342 e. The van der Waals surface area contributed by atoms with E-state index in [1.165, 1.54) is 0 Å². The van der Waals surface area contributed by atoms with E-state index in [4.69, 9.17) is 5.73 Å². The second kappa shape index (κ2) is 10.3. The predicted octanol–water partition coefficient (Wildman–Crippen LogP) is 1.60. The number of nitrogens with zero attached hydrogens (tertiary/aromatic N) is 3. The zero-order chi connectivity index (χ0) is 18.0. The van der Waals surface area contributed by atoms with Crippen LogP contribution >= 0.6 is 24.8 Å². The summed E-state index contributed by atoms with van der Waals surface area (Å²) in [6.07, 6.45) is 3.58. The molecule has 1 aromatic rings. The lowest BCUT2D eigenvalue weighted by atomic mass is 9.83. The van der Waals surface area contributed by atoms with Gasteiger partial charge in [-0.3, -0.25) is 14.7 Å². The number of hydrogen-bond donors (Lipinski definition) is 2. The first-order chi connectivity index (χ1) is 12.0. The second-order valence-electron chi connectivity index (χ2n) is 7.28. The Kier molecular flexibility index (Phi) is 9.05. The molecule has 2 aliphatic heterocycles. The SMILES string of the molecule is Cc1n[nH]c(C)c1CCC(=O)N1CC[C@@H]2[C@@H](CCC(=O)N2CCN)C1.Cl.Cl. The summed E-state index contributed by atoms with van der Waals surface area (Å²) >= 11 is 0. The average Bonchev–Trinajstić information content (AvgIpc) is 2.93. The van der Waals surface area contributed by atoms with Crippen LogP contribution in [0.5, 0.6) is 0 Å². The van der Waals surface area contributed by atoms with Gasteiger partial charge in [-0.05, 0) is 44.6 Å². The van der Waals surface area contributed by atoms with E-state index in [0.29, 0.717) is 31.8 Å². The van der Waals surface area contributed by atoms with Gasteiger partial charge in [0.1, 0.15) is 0 Å². The molecule has 0 spiro atoms. The highest BCUT2D eigenvalue weighted by Crippen LogP contribution is 2.31. The van der Waals surface area contributed by atoms with E-state index in [1.54, 1.807) is 0 Å². The highest BCUT2D eigenvalue weighted by molar-refractivity contribution is 5.85. The van der Waals surface area contributed by atoms with Crippen molar-refractivity contribution in [3.05, 3.63) is 17.0 Å². The van der Waals surface area contributed by atoms with Crippen molar-refractivity contribution in [2.24, 2.45) is 11.7 Å². The van der Waals surface area contributed by atoms with Crippen LogP contribution in [-0.4, -0.2) is 64.0 Å². The van der Waals surface area contributed by atoms with Gasteiger partial charge in [0.05, 0.1) is 5.69 Å². The van der Waals surface area contributed by atoms with Crippen LogP contribution in [0.15, 0.2) is 0 Å². The van der Waals surface area contributed by atoms with E-state index in [-0.39, 0.29) is 42.7 Å². The number of likely N-dealkylation sites (tertiary alicyclic amines) is 2. The molecule has 0 saturated carbocycles. The number of nitrogens with two attached hydrogens (primary N) is 1. The molecule has 0 aromatic carbocycles. The van der Waals surface area contributed by atoms with Crippen molar-refractivity contribution < 1.29 is 9.59 Å². The first-order valence-corrected chi connectivity index (χ1v) is 9.29. The fourth-order valence-electron chi connectivity index (χ4n) is 4.34. The number of aromatic nitrogens is 2. The number of rotatable bonds is 5. The number of nitrogens with one attached hydrogen (secondary N) is 1. The van der Waals surface area contributed by atoms with E-state index in [2.05, 4.69) is 10.2 Å². The van der Waals surface area contributed by atoms with Crippen molar-refractivity contribution >= 4 is 36.6 Å². The number of hydrogen-bond acceptors (Lipinski definition) is 4. The highest BCUT2D eigenvalue weighted by atomic mass is 35.5. The van der Waals surface area contributed by atoms with Gasteiger partial charge >= 0.3 is 0 Å². The third-order valence-corrected chi connectivity index (χ3v) is 5.74. The predicted molar refractivity (Wildman–Crippen MR) is 109 cm³/mol. The summed E-state index contributed by atoms with van der Waals surface area (Å²) in [6.45, 7) is 6.60. The molecule has 3 rings (SSSR count). The van der Waals surface area contributed by atoms with Crippen molar-refractivity contribution in [3.8, 4) is 0 Å². The van der Waals surface area contributed by atoms with E-state index < -0.39 is 0 Å². The number of aryl methyl sites for hydroxylation is 2. The molecule has 3 heterocycles. The van der Waals surface area contributed by atoms with Crippen LogP contribution in [0.3, 0.4) is 0 Å². The molecule has 2 saturated heterocycles. The van der Waals surface area contributed by atoms with Crippen molar-refractivity contribution in [3.63, 3.8) is 0 Å². The zero-order valence-electron chi connectivity index (χ0n) is 16.1. The summed E-state index contributed by atoms with van der Waals surface area (Å²) in [5.41, 5.74) is 8.84. The minimum absolute atomic E-state index is 0. The molecule has 0 radical (unpaired) electrons. The number of aromatic amines is 1. The first-order valence-electron chi connectivity index (χ1n) is 9.29. The van der Waals surface area contributed by atoms with Crippen molar-refractivity contribution in [2.75, 3.05) is 26.2 Å². The molecule has 7 nitrogen and oxygen atoms in total. The lowest BCUT2D eigenvalue weighted by Crippen LogP contribution is -2.57. The summed E-state index contributed by atoms with van der Waals surface area (Å²) in [6, 6.07) is 0.257. The fourth-order valence-corrected chi connectivity index (χ4v) is 4.34. The van der Waals surface area contributed by atoms with Crippen LogP contribution in [0.1, 0.15) is 42.6 Å². The molecule has 2 amide bonds. The third-order valence-electron chi connectivity index (χ3n) is 5.74. The Balaban J connectivity index is 0.00000182. The Bertz CT molecular complexity index is 632. The Morgan fingerprint density at radius 3 is 2.67 bits per heavy atom. The van der Waals surface area contributed by atoms with Crippen LogP contribution in [-0.2, 0) is 16.0 Å². The third kappa shape index (κ3) is 5.15. The van der Waals surface area contributed by atoms with Crippen molar-refractivity contribution in [2.45, 2.75) is 52.0 Å². The molecular weight excluding hydrogens is 389 g/mol. The van der Waals surface area contributed by atoms with Crippen molar-refractivity contribution in [1.29, 1.82) is 0 Å². The summed E-state index contributed by atoms with van der Waals surface area (Å²) in [5, 5.41) is 7.17. The number of carbonyl (C=O) groups is 2.